The second-order valence-electron chi connectivity index (χ2n) is 4.45. The van der Waals surface area contributed by atoms with Crippen LogP contribution in [0.1, 0.15) is 30.2 Å². The summed E-state index contributed by atoms with van der Waals surface area (Å²) in [5.41, 5.74) is -3.22. The molecular formula is C14H16F3S+. The van der Waals surface area contributed by atoms with E-state index >= 15 is 0 Å². The maximum absolute atomic E-state index is 13.2. The van der Waals surface area contributed by atoms with Crippen LogP contribution < -0.4 is 0 Å². The Hall–Kier alpha value is -1.03. The van der Waals surface area contributed by atoms with Crippen LogP contribution in [0.4, 0.5) is 13.2 Å². The van der Waals surface area contributed by atoms with E-state index in [1.54, 1.807) is 18.2 Å². The molecule has 0 fully saturated rings. The van der Waals surface area contributed by atoms with E-state index in [0.717, 1.165) is 23.8 Å². The van der Waals surface area contributed by atoms with Crippen molar-refractivity contribution in [1.29, 1.82) is 0 Å². The lowest BCUT2D eigenvalue weighted by molar-refractivity contribution is -0.0867. The van der Waals surface area contributed by atoms with E-state index in [9.17, 15) is 13.2 Å². The monoisotopic (exact) mass is 273 g/mol. The predicted molar refractivity (Wildman–Crippen MR) is 71.1 cm³/mol. The molecule has 1 unspecified atom stereocenters. The molecule has 0 N–H and O–H groups in total. The van der Waals surface area contributed by atoms with E-state index in [0.29, 0.717) is 16.0 Å². The van der Waals surface area contributed by atoms with Crippen LogP contribution in [0, 0.1) is 6.92 Å². The summed E-state index contributed by atoms with van der Waals surface area (Å²) in [6.45, 7) is 3.87. The van der Waals surface area contributed by atoms with Crippen LogP contribution in [0.15, 0.2) is 24.3 Å². The Morgan fingerprint density at radius 2 is 1.94 bits per heavy atom. The summed E-state index contributed by atoms with van der Waals surface area (Å²) in [6.07, 6.45) is 2.29. The van der Waals surface area contributed by atoms with Crippen molar-refractivity contribution in [3.8, 4) is 0 Å². The van der Waals surface area contributed by atoms with Gasteiger partial charge in [0, 0.05) is 17.9 Å². The molecule has 1 aromatic carbocycles. The first-order valence-corrected chi connectivity index (χ1v) is 7.29. The topological polar surface area (TPSA) is 0 Å². The number of rotatable bonds is 3. The standard InChI is InChI=1S/C14H16F3S/c1-3-4-7-11-9-12-10(2)6-5-8-13(12)18(11)14(15,16)17/h5-6,8-9H,3-4,7H2,1-2H3/q+1. The summed E-state index contributed by atoms with van der Waals surface area (Å²) < 4.78 is 40.1. The molecule has 0 aliphatic rings. The van der Waals surface area contributed by atoms with Crippen molar-refractivity contribution in [2.75, 3.05) is 0 Å². The Kier molecular flexibility index (Phi) is 3.66. The maximum atomic E-state index is 13.2. The molecule has 0 bridgehead atoms. The molecule has 1 aromatic heterocycles. The minimum Gasteiger partial charge on any atom is -0.118 e. The van der Waals surface area contributed by atoms with Gasteiger partial charge in [-0.25, -0.2) is 0 Å². The first-order valence-electron chi connectivity index (χ1n) is 6.06. The Morgan fingerprint density at radius 3 is 2.56 bits per heavy atom. The minimum atomic E-state index is -4.15. The van der Waals surface area contributed by atoms with E-state index in [4.69, 9.17) is 0 Å². The lowest BCUT2D eigenvalue weighted by Gasteiger charge is -1.99. The quantitative estimate of drug-likeness (QED) is 0.628. The third kappa shape index (κ3) is 2.39. The van der Waals surface area contributed by atoms with Gasteiger partial charge in [0.05, 0.1) is 10.5 Å². The van der Waals surface area contributed by atoms with Gasteiger partial charge in [0.15, 0.2) is 9.58 Å². The normalized spacial score (nSPS) is 13.3. The molecule has 0 radical (unpaired) electrons. The molecule has 4 heteroatoms. The van der Waals surface area contributed by atoms with Crippen molar-refractivity contribution in [2.45, 2.75) is 38.6 Å². The average molecular weight is 273 g/mol. The molecule has 1 heterocycles. The summed E-state index contributed by atoms with van der Waals surface area (Å²) >= 11 is 0. The van der Waals surface area contributed by atoms with Crippen molar-refractivity contribution in [3.05, 3.63) is 34.7 Å². The molecule has 0 spiro atoms. The lowest BCUT2D eigenvalue weighted by Crippen LogP contribution is -1.98. The average Bonchev–Trinajstić information content (AvgIpc) is 2.66. The Labute approximate surface area is 107 Å². The van der Waals surface area contributed by atoms with Crippen LogP contribution in [-0.4, -0.2) is 0 Å². The van der Waals surface area contributed by atoms with Crippen molar-refractivity contribution in [1.82, 2.24) is 0 Å². The van der Waals surface area contributed by atoms with Gasteiger partial charge in [-0.15, -0.1) is 13.2 Å². The minimum absolute atomic E-state index is 0.452. The van der Waals surface area contributed by atoms with E-state index in [2.05, 4.69) is 0 Å². The third-order valence-corrected chi connectivity index (χ3v) is 5.18. The smallest absolute Gasteiger partial charge is 0.118 e. The highest BCUT2D eigenvalue weighted by molar-refractivity contribution is 7.38. The lowest BCUT2D eigenvalue weighted by atomic mass is 10.1. The van der Waals surface area contributed by atoms with E-state index in [-0.39, 0.29) is 0 Å². The largest absolute Gasteiger partial charge is 0.600 e. The number of halogens is 3. The van der Waals surface area contributed by atoms with Gasteiger partial charge in [-0.05, 0) is 25.0 Å². The summed E-state index contributed by atoms with van der Waals surface area (Å²) in [5, 5.41) is 0.782. The van der Waals surface area contributed by atoms with Crippen LogP contribution in [0.5, 0.6) is 0 Å². The fraction of sp³-hybridized carbons (Fsp3) is 0.429. The summed E-state index contributed by atoms with van der Waals surface area (Å²) in [6, 6.07) is 6.97. The zero-order chi connectivity index (χ0) is 13.3. The molecule has 0 saturated heterocycles. The van der Waals surface area contributed by atoms with E-state index < -0.39 is 16.0 Å². The maximum Gasteiger partial charge on any atom is 0.600 e. The second-order valence-corrected chi connectivity index (χ2v) is 6.49. The molecule has 1 atom stereocenters. The molecule has 0 aliphatic heterocycles. The second kappa shape index (κ2) is 4.92. The fourth-order valence-corrected chi connectivity index (χ4v) is 4.24. The molecule has 98 valence electrons. The van der Waals surface area contributed by atoms with Crippen LogP contribution in [0.2, 0.25) is 0 Å². The van der Waals surface area contributed by atoms with Gasteiger partial charge in [-0.1, -0.05) is 25.5 Å². The summed E-state index contributed by atoms with van der Waals surface area (Å²) in [7, 11) is -1.71. The third-order valence-electron chi connectivity index (χ3n) is 3.08. The molecule has 2 aromatic rings. The molecule has 0 saturated carbocycles. The zero-order valence-corrected chi connectivity index (χ0v) is 11.3. The Morgan fingerprint density at radius 1 is 1.22 bits per heavy atom. The highest BCUT2D eigenvalue weighted by atomic mass is 32.2. The van der Waals surface area contributed by atoms with Crippen molar-refractivity contribution >= 4 is 20.6 Å². The van der Waals surface area contributed by atoms with Crippen LogP contribution in [0.3, 0.4) is 0 Å². The SMILES string of the molecule is CCCCc1cc2c(C)cccc2[s+]1C(F)(F)F. The van der Waals surface area contributed by atoms with Crippen LogP contribution >= 0.6 is 10.5 Å². The molecule has 0 nitrogen and oxygen atoms in total. The van der Waals surface area contributed by atoms with Crippen molar-refractivity contribution in [3.63, 3.8) is 0 Å². The number of hydrogen-bond acceptors (Lipinski definition) is 0. The number of hydrogen-bond donors (Lipinski definition) is 0. The molecule has 0 aliphatic carbocycles. The van der Waals surface area contributed by atoms with Gasteiger partial charge in [0.25, 0.3) is 0 Å². The van der Waals surface area contributed by atoms with Crippen molar-refractivity contribution < 1.29 is 13.2 Å². The molecular weight excluding hydrogens is 257 g/mol. The van der Waals surface area contributed by atoms with Gasteiger partial charge >= 0.3 is 5.51 Å². The van der Waals surface area contributed by atoms with Crippen LogP contribution in [-0.2, 0) is 11.9 Å². The highest BCUT2D eigenvalue weighted by Crippen LogP contribution is 2.51. The Bertz CT molecular complexity index is 552. The number of thiophene rings is 1. The van der Waals surface area contributed by atoms with E-state index in [1.807, 2.05) is 19.9 Å². The number of fused-ring (bicyclic) bond motifs is 1. The van der Waals surface area contributed by atoms with E-state index in [1.165, 1.54) is 0 Å². The predicted octanol–water partition coefficient (Wildman–Crippen LogP) is 5.72. The first-order chi connectivity index (χ1) is 8.45. The van der Waals surface area contributed by atoms with Gasteiger partial charge in [0.2, 0.25) is 0 Å². The summed E-state index contributed by atoms with van der Waals surface area (Å²) in [5.74, 6) is 0. The first kappa shape index (κ1) is 13.4. The van der Waals surface area contributed by atoms with Crippen molar-refractivity contribution in [2.24, 2.45) is 0 Å². The molecule has 18 heavy (non-hydrogen) atoms. The number of aryl methyl sites for hydroxylation is 2. The van der Waals surface area contributed by atoms with Gasteiger partial charge in [0.1, 0.15) is 0 Å². The zero-order valence-electron chi connectivity index (χ0n) is 10.5. The number of benzene rings is 1. The Balaban J connectivity index is 2.65. The van der Waals surface area contributed by atoms with Gasteiger partial charge < -0.3 is 0 Å². The van der Waals surface area contributed by atoms with Gasteiger partial charge in [-0.2, -0.15) is 0 Å². The van der Waals surface area contributed by atoms with Crippen LogP contribution in [0.25, 0.3) is 10.1 Å². The van der Waals surface area contributed by atoms with Gasteiger partial charge in [-0.3, -0.25) is 0 Å². The molecule has 0 amide bonds. The molecule has 2 rings (SSSR count). The summed E-state index contributed by atoms with van der Waals surface area (Å²) in [4.78, 5) is 0.550. The number of unbranched alkanes of at least 4 members (excludes halogenated alkanes) is 1. The fourth-order valence-electron chi connectivity index (χ4n) is 2.18. The highest BCUT2D eigenvalue weighted by Gasteiger charge is 2.47. The number of alkyl halides is 3.